The molecule has 0 unspecified atom stereocenters. The lowest BCUT2D eigenvalue weighted by Crippen LogP contribution is -2.27. The van der Waals surface area contributed by atoms with E-state index < -0.39 is 0 Å². The summed E-state index contributed by atoms with van der Waals surface area (Å²) >= 11 is 0. The van der Waals surface area contributed by atoms with E-state index in [2.05, 4.69) is 33.8 Å². The molecule has 2 aromatic heterocycles. The van der Waals surface area contributed by atoms with E-state index in [-0.39, 0.29) is 11.8 Å². The minimum Gasteiger partial charge on any atom is -0.328 e. The molecule has 0 bridgehead atoms. The van der Waals surface area contributed by atoms with Gasteiger partial charge < -0.3 is 4.90 Å². The molecule has 0 aliphatic carbocycles. The highest BCUT2D eigenvalue weighted by Gasteiger charge is 2.27. The second-order valence-corrected chi connectivity index (χ2v) is 7.40. The lowest BCUT2D eigenvalue weighted by atomic mass is 10.1. The van der Waals surface area contributed by atoms with Crippen LogP contribution < -0.4 is 0 Å². The molecule has 1 amide bonds. The van der Waals surface area contributed by atoms with Gasteiger partial charge in [0.05, 0.1) is 23.5 Å². The summed E-state index contributed by atoms with van der Waals surface area (Å²) in [6.45, 7) is 11.3. The highest BCUT2D eigenvalue weighted by Crippen LogP contribution is 2.23. The lowest BCUT2D eigenvalue weighted by molar-refractivity contribution is 0.0748. The number of carbonyl (C=O) groups is 1. The van der Waals surface area contributed by atoms with Crippen LogP contribution in [0.15, 0.2) is 12.4 Å². The van der Waals surface area contributed by atoms with E-state index in [0.29, 0.717) is 24.6 Å². The van der Waals surface area contributed by atoms with Gasteiger partial charge in [0.1, 0.15) is 11.6 Å². The van der Waals surface area contributed by atoms with Crippen molar-refractivity contribution in [1.29, 1.82) is 0 Å². The average molecular weight is 339 g/mol. The van der Waals surface area contributed by atoms with Gasteiger partial charge in [0.15, 0.2) is 0 Å². The van der Waals surface area contributed by atoms with Crippen molar-refractivity contribution in [3.63, 3.8) is 0 Å². The van der Waals surface area contributed by atoms with Crippen LogP contribution in [0, 0.1) is 12.8 Å². The fourth-order valence-corrected chi connectivity index (χ4v) is 2.95. The van der Waals surface area contributed by atoms with Crippen LogP contribution >= 0.6 is 0 Å². The Balaban J connectivity index is 1.78. The van der Waals surface area contributed by atoms with Gasteiger partial charge in [0.25, 0.3) is 5.91 Å². The zero-order valence-corrected chi connectivity index (χ0v) is 15.6. The van der Waals surface area contributed by atoms with Crippen molar-refractivity contribution in [2.75, 3.05) is 0 Å². The number of aryl methyl sites for hydroxylation is 1. The molecule has 25 heavy (non-hydrogen) atoms. The van der Waals surface area contributed by atoms with Gasteiger partial charge in [-0.3, -0.25) is 4.79 Å². The number of amides is 1. The molecule has 0 spiro atoms. The Bertz CT molecular complexity index is 800. The maximum Gasteiger partial charge on any atom is 0.257 e. The fraction of sp³-hybridized carbons (Fsp3) is 0.526. The van der Waals surface area contributed by atoms with Crippen LogP contribution in [0.3, 0.4) is 0 Å². The SMILES string of the molecule is Cc1nc(C(C)C)ncc1C(=O)N1Cc2cnc(CC(C)C)nc2C1. The molecule has 2 aromatic rings. The fourth-order valence-electron chi connectivity index (χ4n) is 2.95. The van der Waals surface area contributed by atoms with Crippen molar-refractivity contribution in [3.05, 3.63) is 46.6 Å². The molecule has 1 aliphatic rings. The Morgan fingerprint density at radius 1 is 1.12 bits per heavy atom. The molecule has 0 radical (unpaired) electrons. The highest BCUT2D eigenvalue weighted by molar-refractivity contribution is 5.95. The minimum absolute atomic E-state index is 0.0452. The third-order valence-electron chi connectivity index (χ3n) is 4.33. The molecular formula is C19H25N5O. The Labute approximate surface area is 148 Å². The second-order valence-electron chi connectivity index (χ2n) is 7.40. The third-order valence-corrected chi connectivity index (χ3v) is 4.33. The monoisotopic (exact) mass is 339 g/mol. The number of nitrogens with zero attached hydrogens (tertiary/aromatic N) is 5. The molecular weight excluding hydrogens is 314 g/mol. The predicted molar refractivity (Wildman–Crippen MR) is 95.0 cm³/mol. The van der Waals surface area contributed by atoms with Crippen LogP contribution in [0.5, 0.6) is 0 Å². The average Bonchev–Trinajstić information content (AvgIpc) is 2.96. The van der Waals surface area contributed by atoms with E-state index in [1.165, 1.54) is 0 Å². The third kappa shape index (κ3) is 3.67. The van der Waals surface area contributed by atoms with E-state index in [1.54, 1.807) is 11.1 Å². The molecule has 0 N–H and O–H groups in total. The standard InChI is InChI=1S/C19H25N5O/c1-11(2)6-17-20-7-14-9-24(10-16(14)23-17)19(25)15-8-21-18(12(3)4)22-13(15)5/h7-8,11-12H,6,9-10H2,1-5H3. The van der Waals surface area contributed by atoms with Crippen molar-refractivity contribution >= 4 is 5.91 Å². The molecule has 132 valence electrons. The molecule has 0 aromatic carbocycles. The number of hydrogen-bond donors (Lipinski definition) is 0. The Hall–Kier alpha value is -2.37. The molecule has 0 saturated heterocycles. The van der Waals surface area contributed by atoms with Crippen molar-refractivity contribution in [1.82, 2.24) is 24.8 Å². The summed E-state index contributed by atoms with van der Waals surface area (Å²) in [5, 5.41) is 0. The molecule has 0 saturated carbocycles. The van der Waals surface area contributed by atoms with Gasteiger partial charge in [-0.2, -0.15) is 0 Å². The van der Waals surface area contributed by atoms with E-state index in [1.807, 2.05) is 27.0 Å². The minimum atomic E-state index is -0.0452. The quantitative estimate of drug-likeness (QED) is 0.856. The number of fused-ring (bicyclic) bond motifs is 1. The smallest absolute Gasteiger partial charge is 0.257 e. The first-order valence-electron chi connectivity index (χ1n) is 8.81. The first-order chi connectivity index (χ1) is 11.8. The van der Waals surface area contributed by atoms with Gasteiger partial charge in [-0.1, -0.05) is 27.7 Å². The van der Waals surface area contributed by atoms with Crippen LogP contribution in [-0.2, 0) is 19.5 Å². The predicted octanol–water partition coefficient (Wildman–Crippen LogP) is 3.05. The zero-order chi connectivity index (χ0) is 18.1. The van der Waals surface area contributed by atoms with Crippen LogP contribution in [-0.4, -0.2) is 30.7 Å². The van der Waals surface area contributed by atoms with Crippen LogP contribution in [0.25, 0.3) is 0 Å². The zero-order valence-electron chi connectivity index (χ0n) is 15.6. The first-order valence-corrected chi connectivity index (χ1v) is 8.81. The largest absolute Gasteiger partial charge is 0.328 e. The lowest BCUT2D eigenvalue weighted by Gasteiger charge is -2.16. The molecule has 0 atom stereocenters. The summed E-state index contributed by atoms with van der Waals surface area (Å²) in [4.78, 5) is 32.6. The maximum absolute atomic E-state index is 12.9. The van der Waals surface area contributed by atoms with Crippen molar-refractivity contribution in [2.24, 2.45) is 5.92 Å². The number of aromatic nitrogens is 4. The first kappa shape index (κ1) is 17.5. The summed E-state index contributed by atoms with van der Waals surface area (Å²) in [5.74, 6) is 2.33. The Morgan fingerprint density at radius 2 is 1.88 bits per heavy atom. The van der Waals surface area contributed by atoms with Gasteiger partial charge in [0.2, 0.25) is 0 Å². The van der Waals surface area contributed by atoms with E-state index in [9.17, 15) is 4.79 Å². The highest BCUT2D eigenvalue weighted by atomic mass is 16.2. The topological polar surface area (TPSA) is 71.9 Å². The molecule has 6 nitrogen and oxygen atoms in total. The van der Waals surface area contributed by atoms with Crippen LogP contribution in [0.2, 0.25) is 0 Å². The molecule has 1 aliphatic heterocycles. The number of hydrogen-bond acceptors (Lipinski definition) is 5. The molecule has 0 fully saturated rings. The van der Waals surface area contributed by atoms with Gasteiger partial charge in [-0.05, 0) is 12.8 Å². The molecule has 3 heterocycles. The normalized spacial score (nSPS) is 13.6. The summed E-state index contributed by atoms with van der Waals surface area (Å²) in [6, 6.07) is 0. The van der Waals surface area contributed by atoms with Crippen molar-refractivity contribution in [2.45, 2.75) is 60.0 Å². The maximum atomic E-state index is 12.9. The van der Waals surface area contributed by atoms with Crippen LogP contribution in [0.1, 0.15) is 72.6 Å². The Morgan fingerprint density at radius 3 is 2.52 bits per heavy atom. The van der Waals surface area contributed by atoms with Crippen LogP contribution in [0.4, 0.5) is 0 Å². The van der Waals surface area contributed by atoms with Gasteiger partial charge >= 0.3 is 0 Å². The van der Waals surface area contributed by atoms with Gasteiger partial charge in [0, 0.05) is 36.8 Å². The molecule has 6 heteroatoms. The van der Waals surface area contributed by atoms with E-state index in [4.69, 9.17) is 0 Å². The summed E-state index contributed by atoms with van der Waals surface area (Å²) in [7, 11) is 0. The summed E-state index contributed by atoms with van der Waals surface area (Å²) in [6.07, 6.45) is 4.36. The van der Waals surface area contributed by atoms with E-state index in [0.717, 1.165) is 35.0 Å². The van der Waals surface area contributed by atoms with E-state index >= 15 is 0 Å². The van der Waals surface area contributed by atoms with Gasteiger partial charge in [-0.25, -0.2) is 19.9 Å². The summed E-state index contributed by atoms with van der Waals surface area (Å²) < 4.78 is 0. The summed E-state index contributed by atoms with van der Waals surface area (Å²) in [5.41, 5.74) is 3.27. The number of carbonyl (C=O) groups excluding carboxylic acids is 1. The van der Waals surface area contributed by atoms with Gasteiger partial charge in [-0.15, -0.1) is 0 Å². The van der Waals surface area contributed by atoms with Crippen molar-refractivity contribution < 1.29 is 4.79 Å². The Kier molecular flexibility index (Phi) is 4.79. The van der Waals surface area contributed by atoms with Crippen molar-refractivity contribution in [3.8, 4) is 0 Å². The number of rotatable bonds is 4. The molecule has 3 rings (SSSR count). The second kappa shape index (κ2) is 6.86.